The summed E-state index contributed by atoms with van der Waals surface area (Å²) in [5.41, 5.74) is 11.8. The van der Waals surface area contributed by atoms with Crippen molar-refractivity contribution >= 4 is 60.4 Å². The summed E-state index contributed by atoms with van der Waals surface area (Å²) in [6, 6.07) is 74.7. The van der Waals surface area contributed by atoms with Crippen molar-refractivity contribution in [1.29, 1.82) is 0 Å². The summed E-state index contributed by atoms with van der Waals surface area (Å²) >= 11 is 0. The molecule has 0 spiro atoms. The highest BCUT2D eigenvalue weighted by atomic mass is 15.1. The van der Waals surface area contributed by atoms with Gasteiger partial charge in [0, 0.05) is 32.9 Å². The zero-order valence-electron chi connectivity index (χ0n) is 28.5. The lowest BCUT2D eigenvalue weighted by atomic mass is 9.98. The third-order valence-corrected chi connectivity index (χ3v) is 10.4. The third-order valence-electron chi connectivity index (χ3n) is 10.4. The Bertz CT molecular complexity index is 2810. The standard InChI is InChI=1S/C50H34N2/c1-2-18-41(19-3-1)51-49-24-9-8-23-45(49)46-32-31-40(34-50(46)51)36-29-27-35(28-30-36)39-17-10-20-42(33-39)52(47-25-11-15-37-13-4-6-21-43(37)47)48-26-12-16-38-14-5-7-22-44(38)48/h1-34H. The number of nitrogens with zero attached hydrogens (tertiary/aromatic N) is 2. The van der Waals surface area contributed by atoms with Gasteiger partial charge in [0.15, 0.2) is 0 Å². The second-order valence-corrected chi connectivity index (χ2v) is 13.4. The number of anilines is 3. The topological polar surface area (TPSA) is 8.17 Å². The third kappa shape index (κ3) is 5.04. The maximum absolute atomic E-state index is 2.42. The zero-order chi connectivity index (χ0) is 34.4. The summed E-state index contributed by atoms with van der Waals surface area (Å²) in [4.78, 5) is 2.42. The zero-order valence-corrected chi connectivity index (χ0v) is 28.5. The Morgan fingerprint density at radius 3 is 1.48 bits per heavy atom. The molecule has 0 atom stereocenters. The van der Waals surface area contributed by atoms with Crippen molar-refractivity contribution in [3.63, 3.8) is 0 Å². The first-order valence-electron chi connectivity index (χ1n) is 17.9. The highest BCUT2D eigenvalue weighted by Crippen LogP contribution is 2.43. The minimum absolute atomic E-state index is 1.12. The molecule has 2 heteroatoms. The molecule has 52 heavy (non-hydrogen) atoms. The van der Waals surface area contributed by atoms with Crippen LogP contribution < -0.4 is 4.90 Å². The van der Waals surface area contributed by atoms with Crippen LogP contribution in [0.1, 0.15) is 0 Å². The van der Waals surface area contributed by atoms with E-state index in [1.807, 2.05) is 0 Å². The fourth-order valence-electron chi connectivity index (χ4n) is 7.90. The Morgan fingerprint density at radius 2 is 0.808 bits per heavy atom. The van der Waals surface area contributed by atoms with Gasteiger partial charge in [-0.3, -0.25) is 0 Å². The van der Waals surface area contributed by atoms with Gasteiger partial charge in [0.25, 0.3) is 0 Å². The van der Waals surface area contributed by atoms with E-state index in [0.29, 0.717) is 0 Å². The highest BCUT2D eigenvalue weighted by molar-refractivity contribution is 6.10. The molecule has 0 aliphatic heterocycles. The molecule has 0 amide bonds. The lowest BCUT2D eigenvalue weighted by Gasteiger charge is -2.28. The molecule has 0 saturated heterocycles. The molecule has 0 fully saturated rings. The van der Waals surface area contributed by atoms with Gasteiger partial charge in [0.2, 0.25) is 0 Å². The number of fused-ring (bicyclic) bond motifs is 5. The van der Waals surface area contributed by atoms with Crippen molar-refractivity contribution in [3.8, 4) is 27.9 Å². The SMILES string of the molecule is c1ccc(-n2c3ccccc3c3ccc(-c4ccc(-c5cccc(N(c6cccc7ccccc67)c6cccc7ccccc67)c5)cc4)cc32)cc1. The van der Waals surface area contributed by atoms with Gasteiger partial charge in [0.1, 0.15) is 0 Å². The summed E-state index contributed by atoms with van der Waals surface area (Å²) in [6.07, 6.45) is 0. The summed E-state index contributed by atoms with van der Waals surface area (Å²) < 4.78 is 2.38. The van der Waals surface area contributed by atoms with Crippen LogP contribution in [0.25, 0.3) is 71.3 Å². The van der Waals surface area contributed by atoms with E-state index < -0.39 is 0 Å². The first-order chi connectivity index (χ1) is 25.8. The minimum Gasteiger partial charge on any atom is -0.309 e. The van der Waals surface area contributed by atoms with E-state index in [1.165, 1.54) is 71.3 Å². The average Bonchev–Trinajstić information content (AvgIpc) is 3.55. The van der Waals surface area contributed by atoms with Gasteiger partial charge in [-0.05, 0) is 81.6 Å². The van der Waals surface area contributed by atoms with Crippen LogP contribution in [0.4, 0.5) is 17.1 Å². The quantitative estimate of drug-likeness (QED) is 0.172. The maximum atomic E-state index is 2.42. The smallest absolute Gasteiger partial charge is 0.0547 e. The molecule has 2 nitrogen and oxygen atoms in total. The fraction of sp³-hybridized carbons (Fsp3) is 0. The first-order valence-corrected chi connectivity index (χ1v) is 17.9. The van der Waals surface area contributed by atoms with E-state index in [1.54, 1.807) is 0 Å². The summed E-state index contributed by atoms with van der Waals surface area (Å²) in [5, 5.41) is 7.41. The van der Waals surface area contributed by atoms with Crippen LogP contribution in [-0.4, -0.2) is 4.57 Å². The Morgan fingerprint density at radius 1 is 0.308 bits per heavy atom. The second kappa shape index (κ2) is 12.5. The molecule has 10 aromatic rings. The molecule has 0 saturated carbocycles. The van der Waals surface area contributed by atoms with E-state index >= 15 is 0 Å². The Labute approximate surface area is 303 Å². The van der Waals surface area contributed by atoms with Crippen LogP contribution in [-0.2, 0) is 0 Å². The van der Waals surface area contributed by atoms with Crippen LogP contribution in [0.3, 0.4) is 0 Å². The van der Waals surface area contributed by atoms with Crippen LogP contribution >= 0.6 is 0 Å². The van der Waals surface area contributed by atoms with E-state index in [-0.39, 0.29) is 0 Å². The normalized spacial score (nSPS) is 11.5. The number of rotatable bonds is 6. The molecule has 1 heterocycles. The first kappa shape index (κ1) is 30.0. The molecule has 0 bridgehead atoms. The predicted octanol–water partition coefficient (Wildman–Crippen LogP) is 13.9. The summed E-state index contributed by atoms with van der Waals surface area (Å²) in [6.45, 7) is 0. The number of aromatic nitrogens is 1. The molecular weight excluding hydrogens is 629 g/mol. The van der Waals surface area contributed by atoms with Gasteiger partial charge in [-0.15, -0.1) is 0 Å². The van der Waals surface area contributed by atoms with Crippen molar-refractivity contribution in [2.75, 3.05) is 4.90 Å². The second-order valence-electron chi connectivity index (χ2n) is 13.4. The van der Waals surface area contributed by atoms with Crippen LogP contribution in [0.2, 0.25) is 0 Å². The predicted molar refractivity (Wildman–Crippen MR) is 221 cm³/mol. The molecule has 10 rings (SSSR count). The van der Waals surface area contributed by atoms with E-state index in [4.69, 9.17) is 0 Å². The van der Waals surface area contributed by atoms with Gasteiger partial charge in [-0.25, -0.2) is 0 Å². The molecule has 0 radical (unpaired) electrons. The molecule has 9 aromatic carbocycles. The van der Waals surface area contributed by atoms with E-state index in [2.05, 4.69) is 216 Å². The van der Waals surface area contributed by atoms with Gasteiger partial charge >= 0.3 is 0 Å². The summed E-state index contributed by atoms with van der Waals surface area (Å²) in [5.74, 6) is 0. The monoisotopic (exact) mass is 662 g/mol. The lowest BCUT2D eigenvalue weighted by molar-refractivity contribution is 1.18. The molecule has 244 valence electrons. The van der Waals surface area contributed by atoms with Crippen molar-refractivity contribution in [2.45, 2.75) is 0 Å². The Balaban J connectivity index is 1.07. The lowest BCUT2D eigenvalue weighted by Crippen LogP contribution is -2.11. The Kier molecular flexibility index (Phi) is 7.18. The average molecular weight is 663 g/mol. The molecule has 0 N–H and O–H groups in total. The largest absolute Gasteiger partial charge is 0.309 e. The molecule has 1 aromatic heterocycles. The summed E-state index contributed by atoms with van der Waals surface area (Å²) in [7, 11) is 0. The van der Waals surface area contributed by atoms with Crippen LogP contribution in [0.5, 0.6) is 0 Å². The van der Waals surface area contributed by atoms with Crippen molar-refractivity contribution in [3.05, 3.63) is 206 Å². The van der Waals surface area contributed by atoms with Crippen LogP contribution in [0, 0.1) is 0 Å². The van der Waals surface area contributed by atoms with Gasteiger partial charge in [-0.2, -0.15) is 0 Å². The molecule has 0 aliphatic rings. The Hall–Kier alpha value is -6.90. The maximum Gasteiger partial charge on any atom is 0.0547 e. The van der Waals surface area contributed by atoms with E-state index in [9.17, 15) is 0 Å². The van der Waals surface area contributed by atoms with Crippen molar-refractivity contribution in [1.82, 2.24) is 4.57 Å². The van der Waals surface area contributed by atoms with Gasteiger partial charge < -0.3 is 9.47 Å². The number of hydrogen-bond donors (Lipinski definition) is 0. The van der Waals surface area contributed by atoms with Gasteiger partial charge in [0.05, 0.1) is 22.4 Å². The van der Waals surface area contributed by atoms with Crippen molar-refractivity contribution in [2.24, 2.45) is 0 Å². The van der Waals surface area contributed by atoms with Gasteiger partial charge in [-0.1, -0.05) is 158 Å². The molecular formula is C50H34N2. The fourth-order valence-corrected chi connectivity index (χ4v) is 7.90. The number of benzene rings is 9. The number of para-hydroxylation sites is 2. The molecule has 0 aliphatic carbocycles. The minimum atomic E-state index is 1.12. The van der Waals surface area contributed by atoms with Crippen LogP contribution in [0.15, 0.2) is 206 Å². The number of hydrogen-bond acceptors (Lipinski definition) is 1. The van der Waals surface area contributed by atoms with E-state index in [0.717, 1.165) is 17.1 Å². The van der Waals surface area contributed by atoms with Crippen molar-refractivity contribution < 1.29 is 0 Å². The highest BCUT2D eigenvalue weighted by Gasteiger charge is 2.18. The molecule has 0 unspecified atom stereocenters.